The van der Waals surface area contributed by atoms with Crippen LogP contribution in [0.2, 0.25) is 0 Å². The number of thioether (sulfide) groups is 1. The van der Waals surface area contributed by atoms with Crippen LogP contribution in [-0.2, 0) is 9.59 Å². The fourth-order valence-electron chi connectivity index (χ4n) is 2.12. The van der Waals surface area contributed by atoms with Gasteiger partial charge >= 0.3 is 0 Å². The lowest BCUT2D eigenvalue weighted by Crippen LogP contribution is -2.15. The van der Waals surface area contributed by atoms with Crippen molar-refractivity contribution >= 4 is 22.7 Å². The molecule has 1 aromatic carbocycles. The van der Waals surface area contributed by atoms with E-state index in [2.05, 4.69) is 0 Å². The van der Waals surface area contributed by atoms with E-state index in [1.807, 2.05) is 45.0 Å². The monoisotopic (exact) mass is 308 g/mol. The third-order valence-corrected chi connectivity index (χ3v) is 3.96. The van der Waals surface area contributed by atoms with E-state index in [1.165, 1.54) is 11.8 Å². The number of methoxy groups -OCH3 is 1. The second kappa shape index (κ2) is 7.64. The summed E-state index contributed by atoms with van der Waals surface area (Å²) in [6.07, 6.45) is 0.774. The Hall–Kier alpha value is -1.29. The summed E-state index contributed by atoms with van der Waals surface area (Å²) in [5, 5.41) is 0.129. The number of ketones is 1. The third kappa shape index (κ3) is 6.80. The van der Waals surface area contributed by atoms with Gasteiger partial charge in [-0.3, -0.25) is 4.79 Å². The zero-order valence-corrected chi connectivity index (χ0v) is 14.3. The van der Waals surface area contributed by atoms with Crippen molar-refractivity contribution < 1.29 is 14.3 Å². The fraction of sp³-hybridized carbons (Fsp3) is 0.529. The molecule has 3 nitrogen and oxygen atoms in total. The highest BCUT2D eigenvalue weighted by Crippen LogP contribution is 2.32. The molecule has 0 aliphatic carbocycles. The zero-order valence-electron chi connectivity index (χ0n) is 13.4. The van der Waals surface area contributed by atoms with Crippen LogP contribution in [0.4, 0.5) is 0 Å². The van der Waals surface area contributed by atoms with Gasteiger partial charge in [0.2, 0.25) is 0 Å². The van der Waals surface area contributed by atoms with Gasteiger partial charge in [-0.05, 0) is 30.5 Å². The van der Waals surface area contributed by atoms with Crippen LogP contribution >= 0.6 is 11.8 Å². The molecule has 0 saturated carbocycles. The standard InChI is InChI=1S/C17H24O3S/c1-12(18)10-14(11-16(19)21-17(2,3)4)13-6-8-15(20-5)9-7-13/h6-9,14H,10-11H2,1-5H3/t14-/m0/s1. The van der Waals surface area contributed by atoms with Gasteiger partial charge < -0.3 is 9.53 Å². The van der Waals surface area contributed by atoms with Gasteiger partial charge in [0.25, 0.3) is 0 Å². The van der Waals surface area contributed by atoms with Crippen molar-refractivity contribution in [1.29, 1.82) is 0 Å². The van der Waals surface area contributed by atoms with Crippen LogP contribution in [0.3, 0.4) is 0 Å². The van der Waals surface area contributed by atoms with Gasteiger partial charge in [0, 0.05) is 17.6 Å². The highest BCUT2D eigenvalue weighted by Gasteiger charge is 2.22. The summed E-state index contributed by atoms with van der Waals surface area (Å²) in [6, 6.07) is 7.59. The first-order valence-electron chi connectivity index (χ1n) is 7.06. The molecule has 0 bridgehead atoms. The largest absolute Gasteiger partial charge is 0.497 e. The summed E-state index contributed by atoms with van der Waals surface area (Å²) in [5.41, 5.74) is 1.01. The molecule has 1 aromatic rings. The van der Waals surface area contributed by atoms with Crippen molar-refractivity contribution in [3.05, 3.63) is 29.8 Å². The number of benzene rings is 1. The molecule has 21 heavy (non-hydrogen) atoms. The second-order valence-corrected chi connectivity index (χ2v) is 8.05. The molecule has 1 rings (SSSR count). The van der Waals surface area contributed by atoms with Crippen molar-refractivity contribution in [3.8, 4) is 5.75 Å². The summed E-state index contributed by atoms with van der Waals surface area (Å²) in [6.45, 7) is 7.62. The van der Waals surface area contributed by atoms with E-state index < -0.39 is 0 Å². The summed E-state index contributed by atoms with van der Waals surface area (Å²) in [5.74, 6) is 0.816. The van der Waals surface area contributed by atoms with E-state index in [1.54, 1.807) is 14.0 Å². The van der Waals surface area contributed by atoms with Crippen LogP contribution in [0.5, 0.6) is 5.75 Å². The summed E-state index contributed by atoms with van der Waals surface area (Å²) < 4.78 is 5.04. The molecule has 0 aliphatic heterocycles. The normalized spacial score (nSPS) is 12.8. The lowest BCUT2D eigenvalue weighted by Gasteiger charge is -2.20. The average molecular weight is 308 g/mol. The van der Waals surface area contributed by atoms with Crippen LogP contribution in [0, 0.1) is 0 Å². The van der Waals surface area contributed by atoms with Crippen LogP contribution in [-0.4, -0.2) is 22.8 Å². The molecule has 4 heteroatoms. The van der Waals surface area contributed by atoms with Crippen molar-refractivity contribution in [1.82, 2.24) is 0 Å². The average Bonchev–Trinajstić information content (AvgIpc) is 2.35. The van der Waals surface area contributed by atoms with Crippen molar-refractivity contribution in [3.63, 3.8) is 0 Å². The zero-order chi connectivity index (χ0) is 16.0. The SMILES string of the molecule is COc1ccc([C@@H](CC(C)=O)CC(=O)SC(C)(C)C)cc1. The van der Waals surface area contributed by atoms with Gasteiger partial charge in [-0.15, -0.1) is 0 Å². The van der Waals surface area contributed by atoms with Crippen molar-refractivity contribution in [2.24, 2.45) is 0 Å². The predicted octanol–water partition coefficient (Wildman–Crippen LogP) is 4.21. The number of rotatable bonds is 6. The maximum atomic E-state index is 12.2. The predicted molar refractivity (Wildman–Crippen MR) is 88.0 cm³/mol. The maximum Gasteiger partial charge on any atom is 0.190 e. The number of hydrogen-bond acceptors (Lipinski definition) is 4. The number of carbonyl (C=O) groups excluding carboxylic acids is 2. The minimum Gasteiger partial charge on any atom is -0.497 e. The lowest BCUT2D eigenvalue weighted by atomic mass is 9.91. The van der Waals surface area contributed by atoms with E-state index >= 15 is 0 Å². The molecule has 0 aliphatic rings. The molecule has 0 spiro atoms. The molecule has 1 atom stereocenters. The maximum absolute atomic E-state index is 12.2. The smallest absolute Gasteiger partial charge is 0.190 e. The van der Waals surface area contributed by atoms with E-state index in [4.69, 9.17) is 4.74 Å². The molecule has 0 N–H and O–H groups in total. The topological polar surface area (TPSA) is 43.4 Å². The summed E-state index contributed by atoms with van der Waals surface area (Å²) in [4.78, 5) is 23.6. The minimum atomic E-state index is -0.0994. The molecular weight excluding hydrogens is 284 g/mol. The Kier molecular flexibility index (Phi) is 6.46. The quantitative estimate of drug-likeness (QED) is 0.789. The fourth-order valence-corrected chi connectivity index (χ4v) is 3.08. The Bertz CT molecular complexity index is 486. The van der Waals surface area contributed by atoms with Gasteiger partial charge in [-0.2, -0.15) is 0 Å². The molecule has 0 aromatic heterocycles. The number of ether oxygens (including phenoxy) is 1. The van der Waals surface area contributed by atoms with Crippen molar-refractivity contribution in [2.45, 2.75) is 51.2 Å². The Morgan fingerprint density at radius 1 is 1.14 bits per heavy atom. The summed E-state index contributed by atoms with van der Waals surface area (Å²) >= 11 is 1.34. The van der Waals surface area contributed by atoms with Gasteiger partial charge in [0.15, 0.2) is 5.12 Å². The van der Waals surface area contributed by atoms with Crippen LogP contribution in [0.15, 0.2) is 24.3 Å². The second-order valence-electron chi connectivity index (χ2n) is 6.17. The van der Waals surface area contributed by atoms with Gasteiger partial charge in [-0.25, -0.2) is 0 Å². The van der Waals surface area contributed by atoms with Crippen LogP contribution in [0.1, 0.15) is 52.0 Å². The van der Waals surface area contributed by atoms with Gasteiger partial charge in [-0.1, -0.05) is 44.7 Å². The highest BCUT2D eigenvalue weighted by atomic mass is 32.2. The van der Waals surface area contributed by atoms with E-state index in [0.29, 0.717) is 12.8 Å². The molecule has 116 valence electrons. The van der Waals surface area contributed by atoms with E-state index in [-0.39, 0.29) is 21.6 Å². The minimum absolute atomic E-state index is 0.0595. The molecule has 0 amide bonds. The Balaban J connectivity index is 2.84. The van der Waals surface area contributed by atoms with E-state index in [0.717, 1.165) is 11.3 Å². The molecule has 0 heterocycles. The molecular formula is C17H24O3S. The Labute approximate surface area is 131 Å². The number of carbonyl (C=O) groups is 2. The van der Waals surface area contributed by atoms with Crippen LogP contribution in [0.25, 0.3) is 0 Å². The van der Waals surface area contributed by atoms with Gasteiger partial charge in [0.05, 0.1) is 7.11 Å². The molecule has 0 fully saturated rings. The third-order valence-electron chi connectivity index (χ3n) is 2.95. The van der Waals surface area contributed by atoms with Gasteiger partial charge in [0.1, 0.15) is 11.5 Å². The number of hydrogen-bond donors (Lipinski definition) is 0. The molecule has 0 saturated heterocycles. The lowest BCUT2D eigenvalue weighted by molar-refractivity contribution is -0.117. The first kappa shape index (κ1) is 17.8. The first-order chi connectivity index (χ1) is 9.71. The Morgan fingerprint density at radius 2 is 1.71 bits per heavy atom. The van der Waals surface area contributed by atoms with Crippen molar-refractivity contribution in [2.75, 3.05) is 7.11 Å². The summed E-state index contributed by atoms with van der Waals surface area (Å²) in [7, 11) is 1.62. The highest BCUT2D eigenvalue weighted by molar-refractivity contribution is 8.14. The van der Waals surface area contributed by atoms with E-state index in [9.17, 15) is 9.59 Å². The molecule has 0 unspecified atom stereocenters. The van der Waals surface area contributed by atoms with Crippen LogP contribution < -0.4 is 4.74 Å². The first-order valence-corrected chi connectivity index (χ1v) is 7.88. The molecule has 0 radical (unpaired) electrons. The Morgan fingerprint density at radius 3 is 2.14 bits per heavy atom. The number of Topliss-reactive ketones (excluding diaryl/α,β-unsaturated/α-hetero) is 1.